The molecule has 2 fully saturated rings. The second kappa shape index (κ2) is 3.99. The highest BCUT2D eigenvalue weighted by atomic mass is 32.2. The fourth-order valence-corrected chi connectivity index (χ4v) is 5.98. The van der Waals surface area contributed by atoms with Gasteiger partial charge in [-0.15, -0.1) is 0 Å². The number of nitrogens with zero attached hydrogens (tertiary/aromatic N) is 1. The van der Waals surface area contributed by atoms with Crippen LogP contribution in [-0.2, 0) is 15.4 Å². The van der Waals surface area contributed by atoms with Crippen LogP contribution in [0.25, 0.3) is 0 Å². The molecule has 1 aromatic rings. The second-order valence-electron chi connectivity index (χ2n) is 5.62. The molecule has 104 valence electrons. The largest absolute Gasteiger partial charge is 0.385 e. The molecule has 6 heteroatoms. The van der Waals surface area contributed by atoms with Crippen molar-refractivity contribution in [1.29, 1.82) is 0 Å². The molecule has 0 radical (unpaired) electrons. The topological polar surface area (TPSA) is 67.3 Å². The van der Waals surface area contributed by atoms with E-state index in [9.17, 15) is 17.9 Å². The average Bonchev–Trinajstić information content (AvgIpc) is 2.50. The lowest BCUT2D eigenvalue weighted by Crippen LogP contribution is -2.43. The zero-order chi connectivity index (χ0) is 13.8. The number of aliphatic hydroxyl groups is 1. The molecule has 4 nitrogen and oxygen atoms in total. The Morgan fingerprint density at radius 3 is 2.42 bits per heavy atom. The Labute approximate surface area is 111 Å². The minimum Gasteiger partial charge on any atom is -0.385 e. The molecule has 0 aromatic carbocycles. The van der Waals surface area contributed by atoms with Crippen molar-refractivity contribution in [2.45, 2.75) is 48.7 Å². The van der Waals surface area contributed by atoms with Crippen molar-refractivity contribution in [3.05, 3.63) is 29.3 Å². The summed E-state index contributed by atoms with van der Waals surface area (Å²) in [5, 5.41) is 9.86. The first-order valence-corrected chi connectivity index (χ1v) is 8.02. The molecule has 19 heavy (non-hydrogen) atoms. The van der Waals surface area contributed by atoms with Crippen LogP contribution in [0, 0.1) is 12.9 Å². The molecule has 2 bridgehead atoms. The molecule has 1 N–H and O–H groups in total. The summed E-state index contributed by atoms with van der Waals surface area (Å²) >= 11 is 0. The lowest BCUT2D eigenvalue weighted by atomic mass is 9.85. The minimum absolute atomic E-state index is 0.194. The van der Waals surface area contributed by atoms with Crippen LogP contribution < -0.4 is 0 Å². The maximum atomic E-state index is 13.0. The summed E-state index contributed by atoms with van der Waals surface area (Å²) in [6.07, 6.45) is 1.62. The van der Waals surface area contributed by atoms with E-state index in [-0.39, 0.29) is 12.8 Å². The average molecular weight is 285 g/mol. The van der Waals surface area contributed by atoms with Crippen molar-refractivity contribution >= 4 is 9.84 Å². The lowest BCUT2D eigenvalue weighted by molar-refractivity contribution is 0.0162. The maximum Gasteiger partial charge on any atom is 0.213 e. The summed E-state index contributed by atoms with van der Waals surface area (Å²) in [5.41, 5.74) is -0.205. The Hall–Kier alpha value is -1.01. The number of pyridine rings is 1. The smallest absolute Gasteiger partial charge is 0.213 e. The van der Waals surface area contributed by atoms with Crippen LogP contribution in [0.2, 0.25) is 0 Å². The number of halogens is 1. The molecule has 2 atom stereocenters. The van der Waals surface area contributed by atoms with Crippen molar-refractivity contribution in [1.82, 2.24) is 4.98 Å². The standard InChI is InChI=1S/C13H16FNO3S/c1-8-11(4-5-12(14)15-8)13(16)6-9-2-3-10(7-13)19(9,17)18/h4-5,9-10,16H,2-3,6-7H2,1H3. The SMILES string of the molecule is Cc1nc(F)ccc1C1(O)CC2CCC(C1)S2(=O)=O. The van der Waals surface area contributed by atoms with Crippen LogP contribution in [0.1, 0.15) is 36.9 Å². The van der Waals surface area contributed by atoms with Gasteiger partial charge in [0.2, 0.25) is 5.95 Å². The fourth-order valence-electron chi connectivity index (χ4n) is 3.49. The predicted molar refractivity (Wildman–Crippen MR) is 67.8 cm³/mol. The van der Waals surface area contributed by atoms with E-state index in [0.29, 0.717) is 24.1 Å². The van der Waals surface area contributed by atoms with E-state index in [0.717, 1.165) is 0 Å². The number of fused-ring (bicyclic) bond motifs is 2. The summed E-state index contributed by atoms with van der Waals surface area (Å²) in [6.45, 7) is 1.64. The molecule has 2 unspecified atom stereocenters. The van der Waals surface area contributed by atoms with E-state index in [4.69, 9.17) is 0 Å². The first kappa shape index (κ1) is 13.0. The summed E-state index contributed by atoms with van der Waals surface area (Å²) in [4.78, 5) is 3.72. The van der Waals surface area contributed by atoms with Gasteiger partial charge in [0, 0.05) is 11.3 Å². The zero-order valence-electron chi connectivity index (χ0n) is 10.6. The molecule has 0 spiro atoms. The number of aryl methyl sites for hydroxylation is 1. The molecule has 2 aliphatic rings. The number of hydrogen-bond donors (Lipinski definition) is 1. The van der Waals surface area contributed by atoms with Gasteiger partial charge >= 0.3 is 0 Å². The molecule has 3 rings (SSSR count). The molecule has 0 amide bonds. The van der Waals surface area contributed by atoms with Gasteiger partial charge in [-0.05, 0) is 44.7 Å². The first-order chi connectivity index (χ1) is 8.83. The summed E-state index contributed by atoms with van der Waals surface area (Å²) in [6, 6.07) is 2.74. The highest BCUT2D eigenvalue weighted by molar-refractivity contribution is 7.93. The minimum atomic E-state index is -3.08. The van der Waals surface area contributed by atoms with Crippen molar-refractivity contribution in [2.24, 2.45) is 0 Å². The number of hydrogen-bond acceptors (Lipinski definition) is 4. The van der Waals surface area contributed by atoms with Crippen molar-refractivity contribution in [3.63, 3.8) is 0 Å². The normalized spacial score (nSPS) is 36.4. The van der Waals surface area contributed by atoms with Gasteiger partial charge in [0.15, 0.2) is 9.84 Å². The van der Waals surface area contributed by atoms with Gasteiger partial charge in [0.1, 0.15) is 0 Å². The van der Waals surface area contributed by atoms with E-state index in [1.165, 1.54) is 12.1 Å². The number of rotatable bonds is 1. The maximum absolute atomic E-state index is 13.0. The third-order valence-electron chi connectivity index (χ3n) is 4.42. The zero-order valence-corrected chi connectivity index (χ0v) is 11.5. The van der Waals surface area contributed by atoms with Crippen LogP contribution in [0.3, 0.4) is 0 Å². The van der Waals surface area contributed by atoms with Crippen molar-refractivity contribution in [3.8, 4) is 0 Å². The Morgan fingerprint density at radius 2 is 1.89 bits per heavy atom. The van der Waals surface area contributed by atoms with E-state index in [1.54, 1.807) is 6.92 Å². The Kier molecular flexibility index (Phi) is 2.73. The van der Waals surface area contributed by atoms with Gasteiger partial charge in [0.25, 0.3) is 0 Å². The van der Waals surface area contributed by atoms with Gasteiger partial charge in [-0.1, -0.05) is 0 Å². The third-order valence-corrected chi connectivity index (χ3v) is 7.09. The molecule has 1 aromatic heterocycles. The highest BCUT2D eigenvalue weighted by Crippen LogP contribution is 2.47. The summed E-state index contributed by atoms with van der Waals surface area (Å²) in [7, 11) is -3.08. The van der Waals surface area contributed by atoms with Crippen molar-refractivity contribution in [2.75, 3.05) is 0 Å². The van der Waals surface area contributed by atoms with Crippen LogP contribution in [0.15, 0.2) is 12.1 Å². The van der Waals surface area contributed by atoms with Crippen LogP contribution in [0.4, 0.5) is 4.39 Å². The monoisotopic (exact) mass is 285 g/mol. The van der Waals surface area contributed by atoms with Gasteiger partial charge in [-0.25, -0.2) is 13.4 Å². The van der Waals surface area contributed by atoms with Crippen LogP contribution in [-0.4, -0.2) is 29.0 Å². The summed E-state index contributed by atoms with van der Waals surface area (Å²) < 4.78 is 37.1. The van der Waals surface area contributed by atoms with Gasteiger partial charge < -0.3 is 5.11 Å². The molecule has 3 heterocycles. The van der Waals surface area contributed by atoms with Gasteiger partial charge in [-0.2, -0.15) is 4.39 Å². The molecule has 0 saturated carbocycles. The number of sulfone groups is 1. The predicted octanol–water partition coefficient (Wildman–Crippen LogP) is 1.46. The van der Waals surface area contributed by atoms with Gasteiger partial charge in [-0.3, -0.25) is 0 Å². The summed E-state index contributed by atoms with van der Waals surface area (Å²) in [5.74, 6) is -0.587. The Morgan fingerprint density at radius 1 is 1.32 bits per heavy atom. The Balaban J connectivity index is 2.02. The molecule has 2 aliphatic heterocycles. The molecular weight excluding hydrogens is 269 g/mol. The van der Waals surface area contributed by atoms with Crippen LogP contribution >= 0.6 is 0 Å². The fraction of sp³-hybridized carbons (Fsp3) is 0.615. The molecule has 0 aliphatic carbocycles. The first-order valence-electron chi connectivity index (χ1n) is 6.42. The third kappa shape index (κ3) is 1.89. The van der Waals surface area contributed by atoms with Gasteiger partial charge in [0.05, 0.1) is 16.1 Å². The molecule has 2 saturated heterocycles. The number of aromatic nitrogens is 1. The quantitative estimate of drug-likeness (QED) is 0.793. The highest BCUT2D eigenvalue weighted by Gasteiger charge is 2.53. The lowest BCUT2D eigenvalue weighted by Gasteiger charge is -2.37. The second-order valence-corrected chi connectivity index (χ2v) is 8.13. The van der Waals surface area contributed by atoms with Crippen molar-refractivity contribution < 1.29 is 17.9 Å². The van der Waals surface area contributed by atoms with E-state index in [2.05, 4.69) is 4.98 Å². The van der Waals surface area contributed by atoms with E-state index >= 15 is 0 Å². The van der Waals surface area contributed by atoms with E-state index < -0.39 is 31.9 Å². The van der Waals surface area contributed by atoms with E-state index in [1.807, 2.05) is 0 Å². The molecular formula is C13H16FNO3S. The Bertz CT molecular complexity index is 609. The van der Waals surface area contributed by atoms with Crippen LogP contribution in [0.5, 0.6) is 0 Å².